The van der Waals surface area contributed by atoms with Crippen molar-refractivity contribution in [2.75, 3.05) is 19.8 Å². The van der Waals surface area contributed by atoms with E-state index < -0.39 is 63.8 Å². The molecule has 0 spiro atoms. The zero-order chi connectivity index (χ0) is 42.2. The minimum Gasteiger partial charge on any atom is -0.480 e. The van der Waals surface area contributed by atoms with Crippen LogP contribution in [-0.4, -0.2) is 71.1 Å². The molecule has 13 heteroatoms. The van der Waals surface area contributed by atoms with Crippen molar-refractivity contribution in [1.29, 1.82) is 0 Å². The summed E-state index contributed by atoms with van der Waals surface area (Å²) in [4.78, 5) is 45.8. The Kier molecular flexibility index (Phi) is 35.9. The van der Waals surface area contributed by atoms with Gasteiger partial charge in [0, 0.05) is 12.8 Å². The first-order valence-corrected chi connectivity index (χ1v) is 22.2. The van der Waals surface area contributed by atoms with E-state index in [2.05, 4.69) is 60.9 Å². The minimum absolute atomic E-state index is 0.0835. The molecule has 0 fully saturated rings. The maximum Gasteiger partial charge on any atom is 0.472 e. The zero-order valence-electron chi connectivity index (χ0n) is 34.5. The topological polar surface area (TPSA) is 192 Å². The maximum absolute atomic E-state index is 12.6. The third-order valence-corrected chi connectivity index (χ3v) is 9.15. The molecular weight excluding hydrogens is 749 g/mol. The Morgan fingerprint density at radius 1 is 0.632 bits per heavy atom. The molecule has 324 valence electrons. The van der Waals surface area contributed by atoms with Crippen molar-refractivity contribution in [3.63, 3.8) is 0 Å². The molecule has 0 amide bonds. The number of carboxylic acid groups (broad SMARTS) is 1. The van der Waals surface area contributed by atoms with E-state index in [1.165, 1.54) is 38.5 Å². The van der Waals surface area contributed by atoms with E-state index >= 15 is 0 Å². The molecule has 0 saturated carbocycles. The number of unbranched alkanes of at least 4 members (excludes halogenated alkanes) is 9. The highest BCUT2D eigenvalue weighted by Crippen LogP contribution is 2.43. The van der Waals surface area contributed by atoms with Crippen molar-refractivity contribution in [2.24, 2.45) is 5.73 Å². The lowest BCUT2D eigenvalue weighted by Crippen LogP contribution is -2.34. The van der Waals surface area contributed by atoms with Crippen molar-refractivity contribution >= 4 is 25.7 Å². The van der Waals surface area contributed by atoms with Gasteiger partial charge in [0.15, 0.2) is 6.10 Å². The lowest BCUT2D eigenvalue weighted by molar-refractivity contribution is -0.161. The second kappa shape index (κ2) is 38.2. The van der Waals surface area contributed by atoms with Crippen molar-refractivity contribution in [1.82, 2.24) is 0 Å². The van der Waals surface area contributed by atoms with Crippen LogP contribution < -0.4 is 5.73 Å². The highest BCUT2D eigenvalue weighted by molar-refractivity contribution is 7.47. The van der Waals surface area contributed by atoms with E-state index in [4.69, 9.17) is 24.8 Å². The van der Waals surface area contributed by atoms with Gasteiger partial charge >= 0.3 is 25.7 Å². The van der Waals surface area contributed by atoms with Gasteiger partial charge in [0.25, 0.3) is 0 Å². The van der Waals surface area contributed by atoms with Gasteiger partial charge in [0.2, 0.25) is 0 Å². The molecule has 0 aromatic heterocycles. The molecular formula is C44H72NO11P. The Morgan fingerprint density at radius 3 is 1.74 bits per heavy atom. The Hall–Kier alpha value is -3.38. The average molecular weight is 822 g/mol. The van der Waals surface area contributed by atoms with Crippen LogP contribution in [0.1, 0.15) is 136 Å². The highest BCUT2D eigenvalue weighted by atomic mass is 31.2. The number of esters is 2. The van der Waals surface area contributed by atoms with E-state index in [-0.39, 0.29) is 12.8 Å². The number of phosphoric acid groups is 1. The molecule has 0 heterocycles. The Morgan fingerprint density at radius 2 is 1.14 bits per heavy atom. The van der Waals surface area contributed by atoms with Gasteiger partial charge in [-0.2, -0.15) is 0 Å². The number of carbonyl (C=O) groups excluding carboxylic acids is 2. The minimum atomic E-state index is -4.76. The predicted octanol–water partition coefficient (Wildman–Crippen LogP) is 9.69. The standard InChI is InChI=1S/C44H72NO11P/c1-3-5-7-9-11-12-13-14-15-16-17-18-23-27-31-35-43(48)56-40(37-54-57(51,52)55-38-41(45)44(49)50)36-53-42(47)34-30-26-22-20-19-21-25-29-33-39(46)32-28-24-10-8-6-4-2/h11-12,14-15,17-18,20-22,24-25,28-29,33,39-41,46H,3-10,13,16,19,23,26-27,30-32,34-38,45H2,1-2H3,(H,49,50)(H,51,52)/b12-11-,15-14-,18-17-,22-20-,25-21-,28-24-,33-29+/t39-,40-,41+/m1/s1. The van der Waals surface area contributed by atoms with Gasteiger partial charge in [-0.1, -0.05) is 125 Å². The summed E-state index contributed by atoms with van der Waals surface area (Å²) in [6.45, 7) is 2.54. The molecule has 0 radical (unpaired) electrons. The molecule has 0 aliphatic rings. The highest BCUT2D eigenvalue weighted by Gasteiger charge is 2.28. The van der Waals surface area contributed by atoms with Crippen LogP contribution in [0, 0.1) is 0 Å². The first kappa shape index (κ1) is 53.6. The number of ether oxygens (including phenoxy) is 2. The number of nitrogens with two attached hydrogens (primary N) is 1. The molecule has 57 heavy (non-hydrogen) atoms. The van der Waals surface area contributed by atoms with Gasteiger partial charge in [0.05, 0.1) is 19.3 Å². The van der Waals surface area contributed by atoms with Gasteiger partial charge in [0.1, 0.15) is 12.6 Å². The van der Waals surface area contributed by atoms with Gasteiger partial charge in [-0.25, -0.2) is 4.57 Å². The molecule has 0 bridgehead atoms. The smallest absolute Gasteiger partial charge is 0.472 e. The van der Waals surface area contributed by atoms with Crippen molar-refractivity contribution in [2.45, 2.75) is 154 Å². The average Bonchev–Trinajstić information content (AvgIpc) is 3.18. The summed E-state index contributed by atoms with van der Waals surface area (Å²) >= 11 is 0. The number of aliphatic carboxylic acids is 1. The van der Waals surface area contributed by atoms with Crippen LogP contribution in [0.4, 0.5) is 0 Å². The van der Waals surface area contributed by atoms with Crippen LogP contribution in [-0.2, 0) is 37.5 Å². The number of carboxylic acids is 1. The quantitative estimate of drug-likeness (QED) is 0.0153. The molecule has 0 saturated heterocycles. The predicted molar refractivity (Wildman–Crippen MR) is 227 cm³/mol. The van der Waals surface area contributed by atoms with E-state index in [1.54, 1.807) is 6.08 Å². The number of allylic oxidation sites excluding steroid dienone is 12. The molecule has 4 atom stereocenters. The first-order chi connectivity index (χ1) is 27.5. The SMILES string of the molecule is CCCCC/C=C\C/C=C\C/C=C\CCCCC(=O)O[C@H](COC(=O)CCC/C=C\C/C=C\C=C\[C@H](O)C/C=C\CCCCC)COP(=O)(O)OC[C@H](N)C(=O)O. The summed E-state index contributed by atoms with van der Waals surface area (Å²) in [5.41, 5.74) is 5.31. The zero-order valence-corrected chi connectivity index (χ0v) is 35.4. The number of hydrogen-bond donors (Lipinski definition) is 4. The molecule has 12 nitrogen and oxygen atoms in total. The lowest BCUT2D eigenvalue weighted by atomic mass is 10.1. The summed E-state index contributed by atoms with van der Waals surface area (Å²) in [5, 5.41) is 18.9. The van der Waals surface area contributed by atoms with Gasteiger partial charge in [-0.15, -0.1) is 0 Å². The molecule has 0 aromatic carbocycles. The molecule has 0 aliphatic heterocycles. The van der Waals surface area contributed by atoms with E-state index in [9.17, 15) is 28.9 Å². The third-order valence-electron chi connectivity index (χ3n) is 8.20. The van der Waals surface area contributed by atoms with Crippen molar-refractivity contribution < 1.29 is 52.6 Å². The van der Waals surface area contributed by atoms with Crippen LogP contribution in [0.15, 0.2) is 85.1 Å². The Bertz CT molecular complexity index is 1300. The number of hydrogen-bond acceptors (Lipinski definition) is 10. The molecule has 1 unspecified atom stereocenters. The lowest BCUT2D eigenvalue weighted by Gasteiger charge is -2.20. The fourth-order valence-corrected chi connectivity index (χ4v) is 5.63. The maximum atomic E-state index is 12.6. The summed E-state index contributed by atoms with van der Waals surface area (Å²) in [7, 11) is -4.76. The van der Waals surface area contributed by atoms with Crippen LogP contribution in [0.3, 0.4) is 0 Å². The first-order valence-electron chi connectivity index (χ1n) is 20.7. The van der Waals surface area contributed by atoms with E-state index in [1.807, 2.05) is 36.5 Å². The van der Waals surface area contributed by atoms with Crippen LogP contribution in [0.5, 0.6) is 0 Å². The number of carbonyl (C=O) groups is 3. The third kappa shape index (κ3) is 37.9. The summed E-state index contributed by atoms with van der Waals surface area (Å²) in [6, 6.07) is -1.55. The normalized spacial score (nSPS) is 15.2. The molecule has 5 N–H and O–H groups in total. The molecule has 0 rings (SSSR count). The second-order valence-electron chi connectivity index (χ2n) is 13.6. The van der Waals surface area contributed by atoms with Crippen LogP contribution in [0.2, 0.25) is 0 Å². The van der Waals surface area contributed by atoms with Crippen LogP contribution in [0.25, 0.3) is 0 Å². The number of phosphoric ester groups is 1. The van der Waals surface area contributed by atoms with Gasteiger partial charge in [-0.05, 0) is 83.5 Å². The molecule has 0 aliphatic carbocycles. The number of aliphatic hydroxyl groups excluding tert-OH is 1. The van der Waals surface area contributed by atoms with Crippen molar-refractivity contribution in [3.05, 3.63) is 85.1 Å². The summed E-state index contributed by atoms with van der Waals surface area (Å²) in [6.07, 6.45) is 42.6. The second-order valence-corrected chi connectivity index (χ2v) is 15.1. The van der Waals surface area contributed by atoms with E-state index in [0.29, 0.717) is 32.1 Å². The Balaban J connectivity index is 4.64. The van der Waals surface area contributed by atoms with E-state index in [0.717, 1.165) is 38.5 Å². The fraction of sp³-hybridized carbons (Fsp3) is 0.614. The summed E-state index contributed by atoms with van der Waals surface area (Å²) in [5.74, 6) is -2.56. The Labute approximate surface area is 342 Å². The monoisotopic (exact) mass is 821 g/mol. The number of aliphatic hydroxyl groups is 1. The number of rotatable bonds is 37. The summed E-state index contributed by atoms with van der Waals surface area (Å²) < 4.78 is 32.5. The van der Waals surface area contributed by atoms with Gasteiger partial charge in [-0.3, -0.25) is 23.4 Å². The largest absolute Gasteiger partial charge is 0.480 e. The van der Waals surface area contributed by atoms with Crippen molar-refractivity contribution in [3.8, 4) is 0 Å². The molecule has 0 aromatic rings. The van der Waals surface area contributed by atoms with Crippen LogP contribution >= 0.6 is 7.82 Å². The fourth-order valence-electron chi connectivity index (χ4n) is 4.85. The van der Waals surface area contributed by atoms with Gasteiger partial charge < -0.3 is 30.3 Å².